The number of hydrogen-bond acceptors (Lipinski definition) is 3. The number of benzene rings is 1. The number of hydrogen-bond donors (Lipinski definition) is 1. The van der Waals surface area contributed by atoms with Crippen LogP contribution >= 0.6 is 39.1 Å². The minimum atomic E-state index is -1.22. The van der Waals surface area contributed by atoms with Crippen molar-refractivity contribution in [1.29, 1.82) is 0 Å². The van der Waals surface area contributed by atoms with Crippen LogP contribution in [0.1, 0.15) is 10.5 Å². The highest BCUT2D eigenvalue weighted by Crippen LogP contribution is 2.31. The fourth-order valence-corrected chi connectivity index (χ4v) is 2.25. The predicted molar refractivity (Wildman–Crippen MR) is 75.4 cm³/mol. The Morgan fingerprint density at radius 1 is 1.26 bits per heavy atom. The van der Waals surface area contributed by atoms with Gasteiger partial charge in [0.25, 0.3) is 0 Å². The zero-order valence-electron chi connectivity index (χ0n) is 9.23. The van der Waals surface area contributed by atoms with E-state index in [1.54, 1.807) is 18.2 Å². The summed E-state index contributed by atoms with van der Waals surface area (Å²) in [4.78, 5) is 14.7. The molecule has 0 aliphatic heterocycles. The Labute approximate surface area is 127 Å². The lowest BCUT2D eigenvalue weighted by atomic mass is 10.3. The van der Waals surface area contributed by atoms with E-state index in [1.807, 2.05) is 0 Å². The molecule has 0 saturated heterocycles. The number of pyridine rings is 1. The molecule has 0 amide bonds. The maximum absolute atomic E-state index is 10.9. The van der Waals surface area contributed by atoms with Gasteiger partial charge in [0.2, 0.25) is 5.88 Å². The van der Waals surface area contributed by atoms with Gasteiger partial charge in [-0.1, -0.05) is 23.2 Å². The third kappa shape index (κ3) is 3.37. The number of carbonyl (C=O) groups is 1. The van der Waals surface area contributed by atoms with Crippen LogP contribution in [-0.4, -0.2) is 16.1 Å². The monoisotopic (exact) mass is 361 g/mol. The zero-order chi connectivity index (χ0) is 14.0. The molecule has 0 bridgehead atoms. The zero-order valence-corrected chi connectivity index (χ0v) is 12.3. The van der Waals surface area contributed by atoms with Gasteiger partial charge in [-0.15, -0.1) is 0 Å². The molecule has 0 aliphatic rings. The van der Waals surface area contributed by atoms with Gasteiger partial charge in [0, 0.05) is 11.1 Å². The van der Waals surface area contributed by atoms with Crippen LogP contribution < -0.4 is 4.74 Å². The summed E-state index contributed by atoms with van der Waals surface area (Å²) in [5.41, 5.74) is -0.260. The van der Waals surface area contributed by atoms with Crippen LogP contribution in [-0.2, 0) is 0 Å². The van der Waals surface area contributed by atoms with Crippen molar-refractivity contribution < 1.29 is 14.6 Å². The van der Waals surface area contributed by atoms with Gasteiger partial charge in [-0.05, 0) is 40.2 Å². The fraction of sp³-hybridized carbons (Fsp3) is 0. The van der Waals surface area contributed by atoms with Gasteiger partial charge in [-0.3, -0.25) is 0 Å². The SMILES string of the molecule is O=C(O)c1nc(Oc2ccc(Cl)cc2Br)ccc1Cl. The number of carboxylic acids is 1. The third-order valence-corrected chi connectivity index (χ3v) is 3.29. The van der Waals surface area contributed by atoms with Crippen molar-refractivity contribution in [3.8, 4) is 11.6 Å². The molecule has 1 N–H and O–H groups in total. The topological polar surface area (TPSA) is 59.4 Å². The number of halogens is 3. The number of ether oxygens (including phenoxy) is 1. The number of carboxylic acid groups (broad SMARTS) is 1. The largest absolute Gasteiger partial charge is 0.476 e. The van der Waals surface area contributed by atoms with E-state index in [2.05, 4.69) is 20.9 Å². The Morgan fingerprint density at radius 3 is 2.63 bits per heavy atom. The highest BCUT2D eigenvalue weighted by molar-refractivity contribution is 9.10. The predicted octanol–water partition coefficient (Wildman–Crippen LogP) is 4.64. The van der Waals surface area contributed by atoms with Crippen molar-refractivity contribution in [2.24, 2.45) is 0 Å². The molecule has 98 valence electrons. The lowest BCUT2D eigenvalue weighted by Crippen LogP contribution is -2.02. The Balaban J connectivity index is 2.33. The number of nitrogens with zero attached hydrogens (tertiary/aromatic N) is 1. The van der Waals surface area contributed by atoms with Crippen molar-refractivity contribution in [2.45, 2.75) is 0 Å². The van der Waals surface area contributed by atoms with Gasteiger partial charge in [-0.25, -0.2) is 9.78 Å². The standard InChI is InChI=1S/C12H6BrCl2NO3/c13-7-5-6(14)1-3-9(7)19-10-4-2-8(15)11(16-10)12(17)18/h1-5H,(H,17,18). The average molecular weight is 363 g/mol. The van der Waals surface area contributed by atoms with E-state index >= 15 is 0 Å². The third-order valence-electron chi connectivity index (χ3n) is 2.13. The molecule has 19 heavy (non-hydrogen) atoms. The molecule has 0 fully saturated rings. The normalized spacial score (nSPS) is 10.3. The lowest BCUT2D eigenvalue weighted by molar-refractivity contribution is 0.0690. The van der Waals surface area contributed by atoms with E-state index in [0.717, 1.165) is 0 Å². The maximum atomic E-state index is 10.9. The summed E-state index contributed by atoms with van der Waals surface area (Å²) in [5, 5.41) is 9.52. The second-order valence-corrected chi connectivity index (χ2v) is 5.16. The number of aromatic carboxylic acids is 1. The summed E-state index contributed by atoms with van der Waals surface area (Å²) >= 11 is 14.8. The van der Waals surface area contributed by atoms with Crippen LogP contribution in [0.5, 0.6) is 11.6 Å². The quantitative estimate of drug-likeness (QED) is 0.863. The Hall–Kier alpha value is -1.30. The van der Waals surface area contributed by atoms with Crippen LogP contribution in [0, 0.1) is 0 Å². The molecule has 7 heteroatoms. The maximum Gasteiger partial charge on any atom is 0.356 e. The van der Waals surface area contributed by atoms with Crippen LogP contribution in [0.4, 0.5) is 0 Å². The molecule has 1 aromatic carbocycles. The average Bonchev–Trinajstić information content (AvgIpc) is 2.34. The van der Waals surface area contributed by atoms with Gasteiger partial charge in [-0.2, -0.15) is 0 Å². The molecule has 0 aliphatic carbocycles. The second kappa shape index (κ2) is 5.77. The van der Waals surface area contributed by atoms with Crippen molar-refractivity contribution in [3.05, 3.63) is 50.5 Å². The number of aromatic nitrogens is 1. The molecule has 2 aromatic rings. The molecule has 2 rings (SSSR count). The summed E-state index contributed by atoms with van der Waals surface area (Å²) in [5.74, 6) is -0.619. The fourth-order valence-electron chi connectivity index (χ4n) is 1.30. The van der Waals surface area contributed by atoms with Crippen molar-refractivity contribution in [1.82, 2.24) is 4.98 Å². The summed E-state index contributed by atoms with van der Waals surface area (Å²) < 4.78 is 6.10. The first-order valence-electron chi connectivity index (χ1n) is 5.00. The van der Waals surface area contributed by atoms with E-state index < -0.39 is 5.97 Å². The molecule has 0 radical (unpaired) electrons. The van der Waals surface area contributed by atoms with Crippen LogP contribution in [0.3, 0.4) is 0 Å². The first-order chi connectivity index (χ1) is 8.97. The molecular weight excluding hydrogens is 357 g/mol. The van der Waals surface area contributed by atoms with Gasteiger partial charge in [0.05, 0.1) is 9.50 Å². The van der Waals surface area contributed by atoms with E-state index in [0.29, 0.717) is 15.2 Å². The Morgan fingerprint density at radius 2 is 2.00 bits per heavy atom. The molecule has 0 unspecified atom stereocenters. The first-order valence-corrected chi connectivity index (χ1v) is 6.55. The van der Waals surface area contributed by atoms with Gasteiger partial charge < -0.3 is 9.84 Å². The van der Waals surface area contributed by atoms with Gasteiger partial charge in [0.15, 0.2) is 5.69 Å². The highest BCUT2D eigenvalue weighted by atomic mass is 79.9. The highest BCUT2D eigenvalue weighted by Gasteiger charge is 2.13. The molecular formula is C12H6BrCl2NO3. The number of rotatable bonds is 3. The van der Waals surface area contributed by atoms with E-state index in [9.17, 15) is 4.79 Å². The van der Waals surface area contributed by atoms with E-state index in [-0.39, 0.29) is 16.6 Å². The van der Waals surface area contributed by atoms with Crippen LogP contribution in [0.15, 0.2) is 34.8 Å². The smallest absolute Gasteiger partial charge is 0.356 e. The van der Waals surface area contributed by atoms with Crippen LogP contribution in [0.2, 0.25) is 10.0 Å². The van der Waals surface area contributed by atoms with Crippen molar-refractivity contribution in [3.63, 3.8) is 0 Å². The summed E-state index contributed by atoms with van der Waals surface area (Å²) in [6.45, 7) is 0. The van der Waals surface area contributed by atoms with Crippen LogP contribution in [0.25, 0.3) is 0 Å². The molecule has 0 saturated carbocycles. The Bertz CT molecular complexity index is 649. The van der Waals surface area contributed by atoms with E-state index in [1.165, 1.54) is 12.1 Å². The lowest BCUT2D eigenvalue weighted by Gasteiger charge is -2.08. The van der Waals surface area contributed by atoms with Crippen molar-refractivity contribution in [2.75, 3.05) is 0 Å². The minimum absolute atomic E-state index is 0.0509. The second-order valence-electron chi connectivity index (χ2n) is 3.46. The summed E-state index contributed by atoms with van der Waals surface area (Å²) in [6.07, 6.45) is 0. The Kier molecular flexibility index (Phi) is 4.29. The molecule has 1 heterocycles. The molecule has 1 aromatic heterocycles. The minimum Gasteiger partial charge on any atom is -0.476 e. The molecule has 4 nitrogen and oxygen atoms in total. The summed E-state index contributed by atoms with van der Waals surface area (Å²) in [6, 6.07) is 7.84. The van der Waals surface area contributed by atoms with Gasteiger partial charge >= 0.3 is 5.97 Å². The molecule has 0 atom stereocenters. The molecule has 0 spiro atoms. The van der Waals surface area contributed by atoms with Gasteiger partial charge in [0.1, 0.15) is 5.75 Å². The first kappa shape index (κ1) is 14.1. The van der Waals surface area contributed by atoms with Crippen molar-refractivity contribution >= 4 is 45.1 Å². The summed E-state index contributed by atoms with van der Waals surface area (Å²) in [7, 11) is 0. The van der Waals surface area contributed by atoms with E-state index in [4.69, 9.17) is 33.0 Å².